The molecule has 1 fully saturated rings. The van der Waals surface area contributed by atoms with E-state index in [1.165, 1.54) is 11.3 Å². The highest BCUT2D eigenvalue weighted by Gasteiger charge is 2.24. The number of halogens is 1. The van der Waals surface area contributed by atoms with Crippen LogP contribution in [0.5, 0.6) is 0 Å². The van der Waals surface area contributed by atoms with E-state index in [4.69, 9.17) is 36.3 Å². The third kappa shape index (κ3) is 14.0. The Morgan fingerprint density at radius 1 is 1.00 bits per heavy atom. The summed E-state index contributed by atoms with van der Waals surface area (Å²) in [5.74, 6) is 1.30. The van der Waals surface area contributed by atoms with E-state index in [1.54, 1.807) is 23.2 Å². The van der Waals surface area contributed by atoms with E-state index in [0.717, 1.165) is 38.8 Å². The third-order valence-electron chi connectivity index (χ3n) is 9.62. The number of aromatic nitrogens is 3. The lowest BCUT2D eigenvalue weighted by Gasteiger charge is -2.36. The fourth-order valence-electron chi connectivity index (χ4n) is 6.43. The maximum Gasteiger partial charge on any atom is 0.407 e. The summed E-state index contributed by atoms with van der Waals surface area (Å²) in [6, 6.07) is 13.1. The Bertz CT molecular complexity index is 2080. The standard InChI is InChI=1S/C41H51ClN10O6S/c1-5-56-17-18-57-19-20-58-41(55)44-11-12-52(26-31-10-9-29(3)35(21-31)48-49-43)40(54)27-50-13-15-51(16-14-50)38-22-32(46-30(4)47-38)23-39-45-25-37(59-39)36(53)24-33-28(2)7-6-8-34(33)42/h6-10,21-22,25H,5,11-20,23-24,26-27H2,1-4H3,(H,44,55). The molecule has 16 nitrogen and oxygen atoms in total. The van der Waals surface area contributed by atoms with Gasteiger partial charge in [0.25, 0.3) is 0 Å². The number of Topliss-reactive ketones (excluding diaryl/α,β-unsaturated/α-hetero) is 1. The van der Waals surface area contributed by atoms with Crippen molar-refractivity contribution < 1.29 is 28.6 Å². The number of nitrogens with one attached hydrogen (secondary N) is 1. The first-order valence-corrected chi connectivity index (χ1v) is 20.7. The van der Waals surface area contributed by atoms with Crippen molar-refractivity contribution in [2.24, 2.45) is 5.11 Å². The number of carbonyl (C=O) groups excluding carboxylic acids is 3. The number of amides is 2. The molecule has 1 N–H and O–H groups in total. The molecule has 0 radical (unpaired) electrons. The fraction of sp³-hybridized carbons (Fsp3) is 0.463. The predicted molar refractivity (Wildman–Crippen MR) is 227 cm³/mol. The van der Waals surface area contributed by atoms with Crippen molar-refractivity contribution in [2.75, 3.05) is 83.7 Å². The summed E-state index contributed by atoms with van der Waals surface area (Å²) in [5, 5.41) is 7.87. The maximum atomic E-state index is 13.8. The molecule has 314 valence electrons. The van der Waals surface area contributed by atoms with Crippen molar-refractivity contribution in [1.82, 2.24) is 30.1 Å². The van der Waals surface area contributed by atoms with Gasteiger partial charge in [0.05, 0.1) is 41.9 Å². The number of ether oxygens (including phenoxy) is 3. The first kappa shape index (κ1) is 44.9. The number of alkyl carbamates (subject to hydrolysis) is 1. The van der Waals surface area contributed by atoms with E-state index in [2.05, 4.69) is 35.1 Å². The Labute approximate surface area is 353 Å². The number of aryl methyl sites for hydroxylation is 3. The molecule has 0 saturated carbocycles. The lowest BCUT2D eigenvalue weighted by molar-refractivity contribution is -0.133. The van der Waals surface area contributed by atoms with Gasteiger partial charge in [0, 0.05) is 93.1 Å². The SMILES string of the molecule is CCOCCOCCOC(=O)NCCN(Cc1ccc(C)c(N=[N+]=[N-])c1)C(=O)CN1CCN(c2cc(Cc3ncc(C(=O)Cc4c(C)cccc4Cl)s3)nc(C)n2)CC1. The Morgan fingerprint density at radius 3 is 2.54 bits per heavy atom. The quantitative estimate of drug-likeness (QED) is 0.0321. The molecule has 0 spiro atoms. The molecule has 5 rings (SSSR count). The summed E-state index contributed by atoms with van der Waals surface area (Å²) in [6.07, 6.45) is 1.71. The Morgan fingerprint density at radius 2 is 1.78 bits per heavy atom. The number of hydrogen-bond acceptors (Lipinski definition) is 13. The number of carbonyl (C=O) groups is 3. The maximum absolute atomic E-state index is 13.8. The van der Waals surface area contributed by atoms with Crippen molar-refractivity contribution >= 4 is 52.2 Å². The number of ketones is 1. The second-order valence-electron chi connectivity index (χ2n) is 14.0. The lowest BCUT2D eigenvalue weighted by atomic mass is 10.0. The largest absolute Gasteiger partial charge is 0.447 e. The molecule has 1 saturated heterocycles. The van der Waals surface area contributed by atoms with Crippen molar-refractivity contribution in [1.29, 1.82) is 0 Å². The van der Waals surface area contributed by atoms with Crippen LogP contribution >= 0.6 is 22.9 Å². The number of thiazole rings is 1. The van der Waals surface area contributed by atoms with Crippen molar-refractivity contribution in [3.8, 4) is 0 Å². The summed E-state index contributed by atoms with van der Waals surface area (Å²) < 4.78 is 15.8. The molecule has 0 unspecified atom stereocenters. The van der Waals surface area contributed by atoms with E-state index in [-0.39, 0.29) is 57.5 Å². The summed E-state index contributed by atoms with van der Waals surface area (Å²) in [6.45, 7) is 12.8. The van der Waals surface area contributed by atoms with E-state index in [9.17, 15) is 14.4 Å². The van der Waals surface area contributed by atoms with Crippen LogP contribution in [0, 0.1) is 20.8 Å². The molecule has 2 aromatic carbocycles. The molecule has 1 aliphatic rings. The van der Waals surface area contributed by atoms with Crippen molar-refractivity contribution in [3.05, 3.63) is 108 Å². The van der Waals surface area contributed by atoms with E-state index in [0.29, 0.717) is 73.8 Å². The van der Waals surface area contributed by atoms with Crippen LogP contribution in [0.1, 0.15) is 55.4 Å². The van der Waals surface area contributed by atoms with Gasteiger partial charge < -0.3 is 29.3 Å². The number of piperazine rings is 1. The average Bonchev–Trinajstić information content (AvgIpc) is 3.68. The zero-order valence-electron chi connectivity index (χ0n) is 34.0. The number of azide groups is 1. The summed E-state index contributed by atoms with van der Waals surface area (Å²) in [4.78, 5) is 62.7. The minimum Gasteiger partial charge on any atom is -0.447 e. The average molecular weight is 847 g/mol. The predicted octanol–water partition coefficient (Wildman–Crippen LogP) is 6.40. The molecule has 18 heteroatoms. The summed E-state index contributed by atoms with van der Waals surface area (Å²) >= 11 is 7.74. The zero-order chi connectivity index (χ0) is 42.1. The van der Waals surface area contributed by atoms with Gasteiger partial charge in [-0.1, -0.05) is 41.0 Å². The first-order chi connectivity index (χ1) is 28.5. The van der Waals surface area contributed by atoms with Crippen LogP contribution in [0.3, 0.4) is 0 Å². The van der Waals surface area contributed by atoms with Crippen LogP contribution in [0.2, 0.25) is 5.02 Å². The zero-order valence-corrected chi connectivity index (χ0v) is 35.6. The smallest absolute Gasteiger partial charge is 0.407 e. The molecule has 3 heterocycles. The number of hydrogen-bond donors (Lipinski definition) is 1. The molecule has 0 atom stereocenters. The monoisotopic (exact) mass is 846 g/mol. The van der Waals surface area contributed by atoms with Crippen LogP contribution in [0.4, 0.5) is 16.3 Å². The molecular weight excluding hydrogens is 796 g/mol. The Balaban J connectivity index is 1.15. The van der Waals surface area contributed by atoms with Crippen LogP contribution < -0.4 is 10.2 Å². The van der Waals surface area contributed by atoms with Gasteiger partial charge in [-0.25, -0.2) is 19.7 Å². The van der Waals surface area contributed by atoms with Crippen molar-refractivity contribution in [2.45, 2.75) is 47.1 Å². The Hall–Kier alpha value is -5.16. The highest BCUT2D eigenvalue weighted by atomic mass is 35.5. The third-order valence-corrected chi connectivity index (χ3v) is 11.0. The summed E-state index contributed by atoms with van der Waals surface area (Å²) in [5.41, 5.74) is 13.8. The second-order valence-corrected chi connectivity index (χ2v) is 15.5. The molecule has 1 aliphatic heterocycles. The molecular formula is C41H51ClN10O6S. The van der Waals surface area contributed by atoms with Gasteiger partial charge in [0.15, 0.2) is 5.78 Å². The van der Waals surface area contributed by atoms with Gasteiger partial charge in [-0.2, -0.15) is 0 Å². The minimum absolute atomic E-state index is 0.0261. The number of nitrogens with zero attached hydrogens (tertiary/aromatic N) is 9. The van der Waals surface area contributed by atoms with Crippen LogP contribution in [-0.2, 0) is 38.4 Å². The van der Waals surface area contributed by atoms with Gasteiger partial charge in [0.2, 0.25) is 5.91 Å². The van der Waals surface area contributed by atoms with Crippen molar-refractivity contribution in [3.63, 3.8) is 0 Å². The molecule has 2 amide bonds. The van der Waals surface area contributed by atoms with Gasteiger partial charge >= 0.3 is 6.09 Å². The van der Waals surface area contributed by atoms with E-state index >= 15 is 0 Å². The van der Waals surface area contributed by atoms with Gasteiger partial charge in [-0.05, 0) is 67.6 Å². The van der Waals surface area contributed by atoms with Gasteiger partial charge in [0.1, 0.15) is 18.2 Å². The normalized spacial score (nSPS) is 12.9. The highest BCUT2D eigenvalue weighted by Crippen LogP contribution is 2.25. The molecule has 0 aliphatic carbocycles. The van der Waals surface area contributed by atoms with Crippen LogP contribution in [0.25, 0.3) is 10.4 Å². The molecule has 59 heavy (non-hydrogen) atoms. The number of anilines is 1. The fourth-order valence-corrected chi connectivity index (χ4v) is 7.59. The summed E-state index contributed by atoms with van der Waals surface area (Å²) in [7, 11) is 0. The minimum atomic E-state index is -0.600. The van der Waals surface area contributed by atoms with Crippen LogP contribution in [-0.4, -0.2) is 121 Å². The molecule has 0 bridgehead atoms. The second kappa shape index (κ2) is 22.8. The number of benzene rings is 2. The van der Waals surface area contributed by atoms with Gasteiger partial charge in [-0.3, -0.25) is 14.5 Å². The number of rotatable bonds is 21. The van der Waals surface area contributed by atoms with E-state index < -0.39 is 6.09 Å². The van der Waals surface area contributed by atoms with E-state index in [1.807, 2.05) is 58.0 Å². The lowest BCUT2D eigenvalue weighted by Crippen LogP contribution is -2.51. The topological polar surface area (TPSA) is 188 Å². The van der Waals surface area contributed by atoms with Gasteiger partial charge in [-0.15, -0.1) is 11.3 Å². The molecule has 2 aromatic heterocycles. The highest BCUT2D eigenvalue weighted by molar-refractivity contribution is 7.13. The molecule has 4 aromatic rings. The first-order valence-electron chi connectivity index (χ1n) is 19.5. The van der Waals surface area contributed by atoms with Crippen LogP contribution in [0.15, 0.2) is 53.8 Å². The Kier molecular flexibility index (Phi) is 17.4.